The fourth-order valence-corrected chi connectivity index (χ4v) is 0.821. The van der Waals surface area contributed by atoms with Crippen molar-refractivity contribution < 1.29 is 4.74 Å². The van der Waals surface area contributed by atoms with E-state index in [-0.39, 0.29) is 6.10 Å². The average molecular weight is 148 g/mol. The van der Waals surface area contributed by atoms with Crippen LogP contribution in [-0.4, -0.2) is 6.10 Å². The average Bonchev–Trinajstić information content (AvgIpc) is 2.14. The topological polar surface area (TPSA) is 9.23 Å². The molecule has 0 atom stereocenters. The second-order valence-electron chi connectivity index (χ2n) is 2.63. The van der Waals surface area contributed by atoms with Crippen LogP contribution in [0.3, 0.4) is 0 Å². The maximum atomic E-state index is 5.47. The van der Waals surface area contributed by atoms with Gasteiger partial charge in [0.15, 0.2) is 0 Å². The van der Waals surface area contributed by atoms with Crippen molar-refractivity contribution in [1.82, 2.24) is 0 Å². The minimum atomic E-state index is 0.240. The van der Waals surface area contributed by atoms with E-state index in [1.807, 2.05) is 32.1 Å². The molecule has 0 radical (unpaired) electrons. The quantitative estimate of drug-likeness (QED) is 0.546. The van der Waals surface area contributed by atoms with E-state index in [9.17, 15) is 0 Å². The van der Waals surface area contributed by atoms with Gasteiger partial charge >= 0.3 is 0 Å². The van der Waals surface area contributed by atoms with Gasteiger partial charge < -0.3 is 4.74 Å². The molecule has 58 valence electrons. The van der Waals surface area contributed by atoms with E-state index in [1.54, 1.807) is 0 Å². The zero-order valence-electron chi connectivity index (χ0n) is 6.92. The van der Waals surface area contributed by atoms with E-state index in [4.69, 9.17) is 4.74 Å². The monoisotopic (exact) mass is 148 g/mol. The molecule has 0 bridgehead atoms. The molecular weight excluding hydrogens is 136 g/mol. The molecule has 1 aliphatic rings. The predicted molar refractivity (Wildman–Crippen MR) is 45.8 cm³/mol. The molecule has 1 nitrogen and oxygen atoms in total. The third-order valence-electron chi connectivity index (χ3n) is 1.21. The van der Waals surface area contributed by atoms with Gasteiger partial charge in [0.05, 0.1) is 6.10 Å². The van der Waals surface area contributed by atoms with Crippen LogP contribution in [-0.2, 0) is 4.74 Å². The van der Waals surface area contributed by atoms with Crippen molar-refractivity contribution in [3.05, 3.63) is 24.0 Å². The summed E-state index contributed by atoms with van der Waals surface area (Å²) in [6.45, 7) is 4.03. The maximum absolute atomic E-state index is 5.47. The lowest BCUT2D eigenvalue weighted by molar-refractivity contribution is 0.157. The van der Waals surface area contributed by atoms with Crippen LogP contribution in [0.2, 0.25) is 0 Å². The van der Waals surface area contributed by atoms with Crippen molar-refractivity contribution in [1.29, 1.82) is 0 Å². The summed E-state index contributed by atoms with van der Waals surface area (Å²) in [6.07, 6.45) is 6.75. The Labute approximate surface area is 67.8 Å². The van der Waals surface area contributed by atoms with Gasteiger partial charge in [-0.1, -0.05) is 11.8 Å². The minimum Gasteiger partial charge on any atom is -0.491 e. The zero-order chi connectivity index (χ0) is 8.10. The Balaban J connectivity index is 2.53. The highest BCUT2D eigenvalue weighted by Gasteiger charge is 1.96. The molecule has 1 rings (SSSR count). The fourth-order valence-electron chi connectivity index (χ4n) is 0.821. The minimum absolute atomic E-state index is 0.240. The highest BCUT2D eigenvalue weighted by atomic mass is 16.5. The van der Waals surface area contributed by atoms with Gasteiger partial charge in [-0.15, -0.1) is 0 Å². The summed E-state index contributed by atoms with van der Waals surface area (Å²) in [5.74, 6) is 6.76. The lowest BCUT2D eigenvalue weighted by Crippen LogP contribution is -2.00. The normalized spacial score (nSPS) is 15.0. The first-order valence-electron chi connectivity index (χ1n) is 3.81. The van der Waals surface area contributed by atoms with Gasteiger partial charge in [-0.2, -0.15) is 0 Å². The molecule has 0 aromatic heterocycles. The van der Waals surface area contributed by atoms with Crippen LogP contribution in [0.15, 0.2) is 24.0 Å². The van der Waals surface area contributed by atoms with Crippen LogP contribution >= 0.6 is 0 Å². The van der Waals surface area contributed by atoms with Gasteiger partial charge in [0.2, 0.25) is 0 Å². The molecule has 0 unspecified atom stereocenters. The van der Waals surface area contributed by atoms with Crippen LogP contribution in [0.5, 0.6) is 0 Å². The Morgan fingerprint density at radius 3 is 3.09 bits per heavy atom. The molecular formula is C10H12O. The molecule has 0 aliphatic heterocycles. The summed E-state index contributed by atoms with van der Waals surface area (Å²) in [5, 5.41) is 0. The Morgan fingerprint density at radius 1 is 1.55 bits per heavy atom. The molecule has 11 heavy (non-hydrogen) atoms. The highest BCUT2D eigenvalue weighted by molar-refractivity contribution is 5.28. The smallest absolute Gasteiger partial charge is 0.117 e. The summed E-state index contributed by atoms with van der Waals surface area (Å²) in [7, 11) is 0. The SMILES string of the molecule is CC(C)OC1=CCC#CC=C1. The van der Waals surface area contributed by atoms with E-state index in [1.165, 1.54) is 0 Å². The van der Waals surface area contributed by atoms with Crippen LogP contribution in [0.25, 0.3) is 0 Å². The Kier molecular flexibility index (Phi) is 2.80. The third kappa shape index (κ3) is 2.95. The van der Waals surface area contributed by atoms with Crippen molar-refractivity contribution in [2.75, 3.05) is 0 Å². The zero-order valence-corrected chi connectivity index (χ0v) is 6.92. The van der Waals surface area contributed by atoms with Crippen molar-refractivity contribution in [2.45, 2.75) is 26.4 Å². The lowest BCUT2D eigenvalue weighted by Gasteiger charge is -2.09. The maximum Gasteiger partial charge on any atom is 0.117 e. The Morgan fingerprint density at radius 2 is 2.36 bits per heavy atom. The molecule has 0 saturated carbocycles. The number of allylic oxidation sites excluding steroid dienone is 3. The number of rotatable bonds is 2. The van der Waals surface area contributed by atoms with Crippen molar-refractivity contribution in [3.63, 3.8) is 0 Å². The highest BCUT2D eigenvalue weighted by Crippen LogP contribution is 2.06. The number of ether oxygens (including phenoxy) is 1. The first-order valence-corrected chi connectivity index (χ1v) is 3.81. The van der Waals surface area contributed by atoms with Gasteiger partial charge in [0.25, 0.3) is 0 Å². The number of hydrogen-bond donors (Lipinski definition) is 0. The molecule has 0 saturated heterocycles. The first-order chi connectivity index (χ1) is 5.29. The standard InChI is InChI=1S/C10H12O/c1-9(2)11-10-7-5-3-4-6-8-10/h5,7-9H,6H2,1-2H3. The van der Waals surface area contributed by atoms with E-state index in [0.717, 1.165) is 12.2 Å². The summed E-state index contributed by atoms with van der Waals surface area (Å²) in [5.41, 5.74) is 0. The largest absolute Gasteiger partial charge is 0.491 e. The molecule has 1 heteroatoms. The third-order valence-corrected chi connectivity index (χ3v) is 1.21. The van der Waals surface area contributed by atoms with Gasteiger partial charge in [-0.05, 0) is 32.1 Å². The van der Waals surface area contributed by atoms with Gasteiger partial charge in [0, 0.05) is 6.42 Å². The molecule has 0 amide bonds. The molecule has 0 N–H and O–H groups in total. The summed E-state index contributed by atoms with van der Waals surface area (Å²) in [4.78, 5) is 0. The van der Waals surface area contributed by atoms with Crippen LogP contribution in [0, 0.1) is 11.8 Å². The predicted octanol–water partition coefficient (Wildman–Crippen LogP) is 2.26. The fraction of sp³-hybridized carbons (Fsp3) is 0.400. The lowest BCUT2D eigenvalue weighted by atomic mass is 10.3. The van der Waals surface area contributed by atoms with Crippen molar-refractivity contribution >= 4 is 0 Å². The van der Waals surface area contributed by atoms with Crippen LogP contribution in [0.1, 0.15) is 20.3 Å². The molecule has 0 heterocycles. The molecule has 0 aromatic rings. The van der Waals surface area contributed by atoms with E-state index in [0.29, 0.717) is 0 Å². The molecule has 1 aliphatic carbocycles. The summed E-state index contributed by atoms with van der Waals surface area (Å²) >= 11 is 0. The summed E-state index contributed by atoms with van der Waals surface area (Å²) < 4.78 is 5.47. The van der Waals surface area contributed by atoms with Gasteiger partial charge in [-0.25, -0.2) is 0 Å². The van der Waals surface area contributed by atoms with E-state index in [2.05, 4.69) is 11.8 Å². The van der Waals surface area contributed by atoms with Crippen molar-refractivity contribution in [2.24, 2.45) is 0 Å². The van der Waals surface area contributed by atoms with Crippen molar-refractivity contribution in [3.8, 4) is 11.8 Å². The summed E-state index contributed by atoms with van der Waals surface area (Å²) in [6, 6.07) is 0. The van der Waals surface area contributed by atoms with Crippen LogP contribution < -0.4 is 0 Å². The van der Waals surface area contributed by atoms with Gasteiger partial charge in [-0.3, -0.25) is 0 Å². The van der Waals surface area contributed by atoms with E-state index >= 15 is 0 Å². The first kappa shape index (κ1) is 7.94. The molecule has 0 aromatic carbocycles. The molecule has 0 spiro atoms. The second kappa shape index (κ2) is 3.88. The second-order valence-corrected chi connectivity index (χ2v) is 2.63. The van der Waals surface area contributed by atoms with E-state index < -0.39 is 0 Å². The van der Waals surface area contributed by atoms with Gasteiger partial charge in [0.1, 0.15) is 5.76 Å². The molecule has 0 fully saturated rings. The number of hydrogen-bond acceptors (Lipinski definition) is 1. The Bertz CT molecular complexity index is 235. The Hall–Kier alpha value is -1.16. The van der Waals surface area contributed by atoms with Crippen LogP contribution in [0.4, 0.5) is 0 Å².